The molecule has 0 unspecified atom stereocenters. The second-order valence-electron chi connectivity index (χ2n) is 2.88. The van der Waals surface area contributed by atoms with Crippen LogP contribution in [-0.4, -0.2) is 24.8 Å². The summed E-state index contributed by atoms with van der Waals surface area (Å²) >= 11 is 0. The summed E-state index contributed by atoms with van der Waals surface area (Å²) in [6.07, 6.45) is 3.37. The van der Waals surface area contributed by atoms with E-state index in [-0.39, 0.29) is 12.6 Å². The average molecular weight is 206 g/mol. The molecule has 3 N–H and O–H groups in total. The summed E-state index contributed by atoms with van der Waals surface area (Å²) in [7, 11) is 1.56. The van der Waals surface area contributed by atoms with Crippen molar-refractivity contribution in [1.82, 2.24) is 5.32 Å². The Morgan fingerprint density at radius 2 is 2.20 bits per heavy atom. The molecule has 4 nitrogen and oxygen atoms in total. The molecule has 1 aromatic rings. The SMILES string of the molecule is CNC(=O)Nc1ccccc1C=CCO. The molecular weight excluding hydrogens is 192 g/mol. The molecule has 0 atom stereocenters. The number of urea groups is 1. The molecule has 1 rings (SSSR count). The Hall–Kier alpha value is -1.81. The number of carbonyl (C=O) groups excluding carboxylic acids is 1. The minimum Gasteiger partial charge on any atom is -0.392 e. The Balaban J connectivity index is 2.86. The number of hydrogen-bond donors (Lipinski definition) is 3. The summed E-state index contributed by atoms with van der Waals surface area (Å²) in [5.74, 6) is 0. The third kappa shape index (κ3) is 3.44. The Labute approximate surface area is 88.6 Å². The van der Waals surface area contributed by atoms with Crippen LogP contribution in [0.1, 0.15) is 5.56 Å². The number of aliphatic hydroxyl groups excluding tert-OH is 1. The molecule has 4 heteroatoms. The molecule has 0 saturated carbocycles. The first-order chi connectivity index (χ1) is 7.27. The maximum atomic E-state index is 11.1. The van der Waals surface area contributed by atoms with E-state index in [1.807, 2.05) is 18.2 Å². The van der Waals surface area contributed by atoms with Crippen LogP contribution in [0, 0.1) is 0 Å². The third-order valence-electron chi connectivity index (χ3n) is 1.84. The fourth-order valence-electron chi connectivity index (χ4n) is 1.12. The van der Waals surface area contributed by atoms with Gasteiger partial charge in [0.15, 0.2) is 0 Å². The van der Waals surface area contributed by atoms with Crippen LogP contribution in [0.25, 0.3) is 6.08 Å². The summed E-state index contributed by atoms with van der Waals surface area (Å²) < 4.78 is 0. The highest BCUT2D eigenvalue weighted by Crippen LogP contribution is 2.16. The number of rotatable bonds is 3. The number of amides is 2. The molecule has 80 valence electrons. The van der Waals surface area contributed by atoms with Gasteiger partial charge in [-0.3, -0.25) is 0 Å². The molecule has 15 heavy (non-hydrogen) atoms. The number of anilines is 1. The van der Waals surface area contributed by atoms with E-state index in [2.05, 4.69) is 10.6 Å². The highest BCUT2D eigenvalue weighted by atomic mass is 16.2. The van der Waals surface area contributed by atoms with Crippen LogP contribution in [-0.2, 0) is 0 Å². The zero-order valence-electron chi connectivity index (χ0n) is 8.53. The van der Waals surface area contributed by atoms with Crippen molar-refractivity contribution in [3.05, 3.63) is 35.9 Å². The molecule has 0 fully saturated rings. The molecule has 2 amide bonds. The van der Waals surface area contributed by atoms with E-state index in [1.165, 1.54) is 0 Å². The Kier molecular flexibility index (Phi) is 4.37. The van der Waals surface area contributed by atoms with E-state index in [1.54, 1.807) is 25.3 Å². The maximum Gasteiger partial charge on any atom is 0.318 e. The molecule has 0 spiro atoms. The van der Waals surface area contributed by atoms with Gasteiger partial charge in [-0.1, -0.05) is 30.4 Å². The van der Waals surface area contributed by atoms with Crippen molar-refractivity contribution >= 4 is 17.8 Å². The van der Waals surface area contributed by atoms with Gasteiger partial charge < -0.3 is 15.7 Å². The van der Waals surface area contributed by atoms with Gasteiger partial charge in [0, 0.05) is 12.7 Å². The smallest absolute Gasteiger partial charge is 0.318 e. The second-order valence-corrected chi connectivity index (χ2v) is 2.88. The van der Waals surface area contributed by atoms with E-state index in [0.29, 0.717) is 5.69 Å². The van der Waals surface area contributed by atoms with Crippen LogP contribution in [0.4, 0.5) is 10.5 Å². The highest BCUT2D eigenvalue weighted by Gasteiger charge is 2.01. The molecule has 0 saturated heterocycles. The molecule has 1 aromatic carbocycles. The van der Waals surface area contributed by atoms with Crippen LogP contribution in [0.5, 0.6) is 0 Å². The maximum absolute atomic E-state index is 11.1. The molecule has 0 aliphatic carbocycles. The number of benzene rings is 1. The minimum absolute atomic E-state index is 0.0195. The monoisotopic (exact) mass is 206 g/mol. The highest BCUT2D eigenvalue weighted by molar-refractivity contribution is 5.91. The van der Waals surface area contributed by atoms with Crippen molar-refractivity contribution in [1.29, 1.82) is 0 Å². The van der Waals surface area contributed by atoms with Crippen molar-refractivity contribution in [2.45, 2.75) is 0 Å². The number of nitrogens with one attached hydrogen (secondary N) is 2. The molecule has 0 aliphatic rings. The zero-order chi connectivity index (χ0) is 11.1. The zero-order valence-corrected chi connectivity index (χ0v) is 8.53. The molecule has 0 bridgehead atoms. The van der Waals surface area contributed by atoms with Gasteiger partial charge >= 0.3 is 6.03 Å². The van der Waals surface area contributed by atoms with Crippen molar-refractivity contribution < 1.29 is 9.90 Å². The van der Waals surface area contributed by atoms with Gasteiger partial charge in [0.05, 0.1) is 6.61 Å². The lowest BCUT2D eigenvalue weighted by Gasteiger charge is -2.07. The topological polar surface area (TPSA) is 61.4 Å². The fourth-order valence-corrected chi connectivity index (χ4v) is 1.12. The first-order valence-electron chi connectivity index (χ1n) is 4.63. The third-order valence-corrected chi connectivity index (χ3v) is 1.84. The molecule has 0 aromatic heterocycles. The summed E-state index contributed by atoms with van der Waals surface area (Å²) in [6, 6.07) is 7.09. The quantitative estimate of drug-likeness (QED) is 0.700. The first kappa shape index (κ1) is 11.3. The molecule has 0 radical (unpaired) electrons. The van der Waals surface area contributed by atoms with Crippen LogP contribution in [0.3, 0.4) is 0 Å². The molecular formula is C11H14N2O2. The lowest BCUT2D eigenvalue weighted by Crippen LogP contribution is -2.24. The summed E-state index contributed by atoms with van der Waals surface area (Å²) in [4.78, 5) is 11.1. The summed E-state index contributed by atoms with van der Waals surface area (Å²) in [6.45, 7) is -0.0195. The Bertz CT molecular complexity index is 361. The van der Waals surface area contributed by atoms with Gasteiger partial charge in [-0.2, -0.15) is 0 Å². The number of hydrogen-bond acceptors (Lipinski definition) is 2. The number of para-hydroxylation sites is 1. The number of aliphatic hydroxyl groups is 1. The minimum atomic E-state index is -0.264. The first-order valence-corrected chi connectivity index (χ1v) is 4.63. The Morgan fingerprint density at radius 1 is 1.47 bits per heavy atom. The van der Waals surface area contributed by atoms with Crippen molar-refractivity contribution in [3.63, 3.8) is 0 Å². The van der Waals surface area contributed by atoms with E-state index in [4.69, 9.17) is 5.11 Å². The lowest BCUT2D eigenvalue weighted by atomic mass is 10.1. The summed E-state index contributed by atoms with van der Waals surface area (Å²) in [5, 5.41) is 13.8. The van der Waals surface area contributed by atoms with Gasteiger partial charge in [-0.15, -0.1) is 0 Å². The van der Waals surface area contributed by atoms with Gasteiger partial charge in [-0.05, 0) is 11.6 Å². The van der Waals surface area contributed by atoms with Gasteiger partial charge in [0.1, 0.15) is 0 Å². The van der Waals surface area contributed by atoms with E-state index >= 15 is 0 Å². The van der Waals surface area contributed by atoms with Crippen LogP contribution in [0.2, 0.25) is 0 Å². The van der Waals surface area contributed by atoms with Gasteiger partial charge in [-0.25, -0.2) is 4.79 Å². The van der Waals surface area contributed by atoms with Crippen molar-refractivity contribution in [3.8, 4) is 0 Å². The fraction of sp³-hybridized carbons (Fsp3) is 0.182. The van der Waals surface area contributed by atoms with E-state index in [9.17, 15) is 4.79 Å². The van der Waals surface area contributed by atoms with Gasteiger partial charge in [0.2, 0.25) is 0 Å². The van der Waals surface area contributed by atoms with E-state index < -0.39 is 0 Å². The average Bonchev–Trinajstić information content (AvgIpc) is 2.28. The molecule has 0 heterocycles. The van der Waals surface area contributed by atoms with Crippen molar-refractivity contribution in [2.75, 3.05) is 19.0 Å². The number of carbonyl (C=O) groups is 1. The second kappa shape index (κ2) is 5.82. The van der Waals surface area contributed by atoms with Crippen LogP contribution >= 0.6 is 0 Å². The van der Waals surface area contributed by atoms with Crippen LogP contribution < -0.4 is 10.6 Å². The summed E-state index contributed by atoms with van der Waals surface area (Å²) in [5.41, 5.74) is 1.57. The molecule has 0 aliphatic heterocycles. The predicted molar refractivity (Wildman–Crippen MR) is 60.6 cm³/mol. The lowest BCUT2D eigenvalue weighted by molar-refractivity contribution is 0.254. The largest absolute Gasteiger partial charge is 0.392 e. The van der Waals surface area contributed by atoms with Crippen LogP contribution in [0.15, 0.2) is 30.3 Å². The Morgan fingerprint density at radius 3 is 2.87 bits per heavy atom. The predicted octanol–water partition coefficient (Wildman–Crippen LogP) is 1.44. The normalized spacial score (nSPS) is 10.3. The van der Waals surface area contributed by atoms with Gasteiger partial charge in [0.25, 0.3) is 0 Å². The standard InChI is InChI=1S/C11H14N2O2/c1-12-11(15)13-10-7-3-2-5-9(10)6-4-8-14/h2-7,14H,8H2,1H3,(H2,12,13,15). The van der Waals surface area contributed by atoms with Crippen molar-refractivity contribution in [2.24, 2.45) is 0 Å². The van der Waals surface area contributed by atoms with E-state index in [0.717, 1.165) is 5.56 Å².